The number of ether oxygens (including phenoxy) is 1. The van der Waals surface area contributed by atoms with Gasteiger partial charge in [0.05, 0.1) is 13.2 Å². The van der Waals surface area contributed by atoms with Crippen molar-refractivity contribution >= 4 is 27.9 Å². The molecule has 0 aliphatic rings. The standard InChI is InChI=1S/C8H10N4OS2/c9-10-8-7(11-12-15-8)5-13-4-6-2-1-3-14-6/h1-3,10H,4-5,9H2. The van der Waals surface area contributed by atoms with E-state index in [1.807, 2.05) is 17.5 Å². The van der Waals surface area contributed by atoms with E-state index in [9.17, 15) is 0 Å². The fraction of sp³-hybridized carbons (Fsp3) is 0.250. The third-order valence-electron chi connectivity index (χ3n) is 1.75. The minimum absolute atomic E-state index is 0.425. The Morgan fingerprint density at radius 1 is 1.47 bits per heavy atom. The summed E-state index contributed by atoms with van der Waals surface area (Å²) in [6.07, 6.45) is 0. The lowest BCUT2D eigenvalue weighted by atomic mass is 10.5. The van der Waals surface area contributed by atoms with Gasteiger partial charge in [-0.1, -0.05) is 10.6 Å². The second-order valence-electron chi connectivity index (χ2n) is 2.77. The second kappa shape index (κ2) is 5.17. The lowest BCUT2D eigenvalue weighted by molar-refractivity contribution is 0.107. The van der Waals surface area contributed by atoms with E-state index in [0.717, 1.165) is 10.7 Å². The smallest absolute Gasteiger partial charge is 0.149 e. The summed E-state index contributed by atoms with van der Waals surface area (Å²) in [6, 6.07) is 4.03. The molecule has 2 aromatic rings. The van der Waals surface area contributed by atoms with Crippen LogP contribution in [-0.2, 0) is 18.0 Å². The summed E-state index contributed by atoms with van der Waals surface area (Å²) < 4.78 is 9.26. The zero-order valence-electron chi connectivity index (χ0n) is 7.84. The number of nitrogens with two attached hydrogens (primary N) is 1. The maximum atomic E-state index is 5.48. The molecule has 0 radical (unpaired) electrons. The van der Waals surface area contributed by atoms with Crippen LogP contribution in [-0.4, -0.2) is 9.59 Å². The average Bonchev–Trinajstić information content (AvgIpc) is 2.88. The van der Waals surface area contributed by atoms with Crippen LogP contribution in [0.3, 0.4) is 0 Å². The molecule has 0 atom stereocenters. The second-order valence-corrected chi connectivity index (χ2v) is 4.55. The monoisotopic (exact) mass is 242 g/mol. The van der Waals surface area contributed by atoms with Gasteiger partial charge in [0.2, 0.25) is 0 Å². The lowest BCUT2D eigenvalue weighted by Crippen LogP contribution is -2.07. The number of nitrogen functional groups attached to an aromatic ring is 1. The van der Waals surface area contributed by atoms with Crippen LogP contribution in [0.1, 0.15) is 10.6 Å². The number of hydrogen-bond donors (Lipinski definition) is 2. The van der Waals surface area contributed by atoms with E-state index < -0.39 is 0 Å². The van der Waals surface area contributed by atoms with Gasteiger partial charge in [-0.3, -0.25) is 0 Å². The molecule has 0 bridgehead atoms. The number of nitrogens with zero attached hydrogens (tertiary/aromatic N) is 2. The first-order valence-corrected chi connectivity index (χ1v) is 5.93. The van der Waals surface area contributed by atoms with Gasteiger partial charge in [0, 0.05) is 16.4 Å². The Morgan fingerprint density at radius 3 is 3.13 bits per heavy atom. The normalized spacial score (nSPS) is 10.5. The molecule has 0 fully saturated rings. The molecular weight excluding hydrogens is 232 g/mol. The Bertz CT molecular complexity index is 400. The maximum absolute atomic E-state index is 5.48. The summed E-state index contributed by atoms with van der Waals surface area (Å²) in [5.41, 5.74) is 3.28. The van der Waals surface area contributed by atoms with Crippen molar-refractivity contribution in [1.82, 2.24) is 9.59 Å². The van der Waals surface area contributed by atoms with Crippen molar-refractivity contribution in [2.45, 2.75) is 13.2 Å². The molecule has 80 valence electrons. The molecule has 0 aliphatic heterocycles. The molecule has 3 N–H and O–H groups in total. The van der Waals surface area contributed by atoms with Crippen LogP contribution >= 0.6 is 22.9 Å². The predicted molar refractivity (Wildman–Crippen MR) is 60.5 cm³/mol. The van der Waals surface area contributed by atoms with Gasteiger partial charge in [0.15, 0.2) is 0 Å². The van der Waals surface area contributed by atoms with Crippen molar-refractivity contribution in [3.05, 3.63) is 28.1 Å². The van der Waals surface area contributed by atoms with Crippen molar-refractivity contribution in [1.29, 1.82) is 0 Å². The molecular formula is C8H10N4OS2. The number of hydrogen-bond acceptors (Lipinski definition) is 7. The number of anilines is 1. The van der Waals surface area contributed by atoms with Crippen molar-refractivity contribution < 1.29 is 4.74 Å². The molecule has 0 amide bonds. The molecule has 0 aliphatic carbocycles. The van der Waals surface area contributed by atoms with Gasteiger partial charge < -0.3 is 10.2 Å². The molecule has 0 saturated heterocycles. The van der Waals surface area contributed by atoms with Gasteiger partial charge in [0.1, 0.15) is 10.7 Å². The highest BCUT2D eigenvalue weighted by Crippen LogP contribution is 2.17. The fourth-order valence-electron chi connectivity index (χ4n) is 1.06. The molecule has 2 heterocycles. The SMILES string of the molecule is NNc1snnc1COCc1cccs1. The third kappa shape index (κ3) is 2.72. The van der Waals surface area contributed by atoms with Gasteiger partial charge in [-0.15, -0.1) is 16.4 Å². The van der Waals surface area contributed by atoms with Crippen LogP contribution < -0.4 is 11.3 Å². The highest BCUT2D eigenvalue weighted by atomic mass is 32.1. The number of nitrogens with one attached hydrogen (secondary N) is 1. The van der Waals surface area contributed by atoms with Gasteiger partial charge >= 0.3 is 0 Å². The first-order chi connectivity index (χ1) is 7.40. The Kier molecular flexibility index (Phi) is 3.62. The molecule has 7 heteroatoms. The van der Waals surface area contributed by atoms with Gasteiger partial charge in [-0.2, -0.15) is 0 Å². The quantitative estimate of drug-likeness (QED) is 0.615. The molecule has 2 rings (SSSR count). The molecule has 2 aromatic heterocycles. The lowest BCUT2D eigenvalue weighted by Gasteiger charge is -2.01. The maximum Gasteiger partial charge on any atom is 0.149 e. The van der Waals surface area contributed by atoms with Crippen LogP contribution in [0.15, 0.2) is 17.5 Å². The first kappa shape index (κ1) is 10.5. The predicted octanol–water partition coefficient (Wildman–Crippen LogP) is 1.60. The topological polar surface area (TPSA) is 73.1 Å². The zero-order chi connectivity index (χ0) is 10.5. The molecule has 15 heavy (non-hydrogen) atoms. The molecule has 0 saturated carbocycles. The fourth-order valence-corrected chi connectivity index (χ4v) is 2.17. The van der Waals surface area contributed by atoms with E-state index in [2.05, 4.69) is 15.0 Å². The zero-order valence-corrected chi connectivity index (χ0v) is 9.48. The highest BCUT2D eigenvalue weighted by Gasteiger charge is 2.06. The molecule has 0 aromatic carbocycles. The first-order valence-electron chi connectivity index (χ1n) is 4.28. The van der Waals surface area contributed by atoms with Gasteiger partial charge in [0.25, 0.3) is 0 Å². The third-order valence-corrected chi connectivity index (χ3v) is 3.30. The number of hydrazine groups is 1. The highest BCUT2D eigenvalue weighted by molar-refractivity contribution is 7.10. The van der Waals surface area contributed by atoms with Crippen LogP contribution in [0.2, 0.25) is 0 Å². The summed E-state index contributed by atoms with van der Waals surface area (Å²) in [5, 5.41) is 6.69. The Morgan fingerprint density at radius 2 is 2.40 bits per heavy atom. The summed E-state index contributed by atoms with van der Waals surface area (Å²) in [5.74, 6) is 5.29. The van der Waals surface area contributed by atoms with Gasteiger partial charge in [-0.05, 0) is 11.4 Å². The largest absolute Gasteiger partial charge is 0.369 e. The molecule has 0 spiro atoms. The molecule has 5 nitrogen and oxygen atoms in total. The van der Waals surface area contributed by atoms with E-state index in [4.69, 9.17) is 10.6 Å². The van der Waals surface area contributed by atoms with Crippen LogP contribution in [0.25, 0.3) is 0 Å². The number of rotatable bonds is 5. The summed E-state index contributed by atoms with van der Waals surface area (Å²) in [4.78, 5) is 1.19. The summed E-state index contributed by atoms with van der Waals surface area (Å²) in [6.45, 7) is 1.02. The van der Waals surface area contributed by atoms with Crippen molar-refractivity contribution in [2.75, 3.05) is 5.43 Å². The molecule has 0 unspecified atom stereocenters. The van der Waals surface area contributed by atoms with Crippen molar-refractivity contribution in [3.8, 4) is 0 Å². The Balaban J connectivity index is 1.83. The summed E-state index contributed by atoms with van der Waals surface area (Å²) in [7, 11) is 0. The van der Waals surface area contributed by atoms with Crippen LogP contribution in [0.4, 0.5) is 5.00 Å². The van der Waals surface area contributed by atoms with Crippen LogP contribution in [0.5, 0.6) is 0 Å². The van der Waals surface area contributed by atoms with E-state index in [-0.39, 0.29) is 0 Å². The Hall–Kier alpha value is -1.02. The van der Waals surface area contributed by atoms with E-state index in [1.54, 1.807) is 11.3 Å². The summed E-state index contributed by atoms with van der Waals surface area (Å²) >= 11 is 2.89. The van der Waals surface area contributed by atoms with E-state index in [0.29, 0.717) is 13.2 Å². The number of thiophene rings is 1. The van der Waals surface area contributed by atoms with E-state index in [1.165, 1.54) is 16.4 Å². The van der Waals surface area contributed by atoms with Gasteiger partial charge in [-0.25, -0.2) is 5.84 Å². The minimum Gasteiger partial charge on any atom is -0.369 e. The minimum atomic E-state index is 0.425. The van der Waals surface area contributed by atoms with Crippen LogP contribution in [0, 0.1) is 0 Å². The average molecular weight is 242 g/mol. The van der Waals surface area contributed by atoms with E-state index >= 15 is 0 Å². The van der Waals surface area contributed by atoms with Crippen molar-refractivity contribution in [2.24, 2.45) is 5.84 Å². The van der Waals surface area contributed by atoms with Crippen molar-refractivity contribution in [3.63, 3.8) is 0 Å². The number of aromatic nitrogens is 2. The Labute approximate surface area is 95.0 Å².